The van der Waals surface area contributed by atoms with E-state index < -0.39 is 5.91 Å². The van der Waals surface area contributed by atoms with E-state index in [1.54, 1.807) is 6.92 Å². The zero-order chi connectivity index (χ0) is 13.7. The maximum absolute atomic E-state index is 11.8. The van der Waals surface area contributed by atoms with Crippen molar-refractivity contribution in [3.63, 3.8) is 0 Å². The van der Waals surface area contributed by atoms with Gasteiger partial charge in [0.05, 0.1) is 25.0 Å². The van der Waals surface area contributed by atoms with Gasteiger partial charge in [-0.25, -0.2) is 4.68 Å². The van der Waals surface area contributed by atoms with Crippen LogP contribution in [0.15, 0.2) is 15.5 Å². The summed E-state index contributed by atoms with van der Waals surface area (Å²) in [6.45, 7) is 1.75. The van der Waals surface area contributed by atoms with Gasteiger partial charge in [0, 0.05) is 12.5 Å². The molecule has 1 rings (SSSR count). The summed E-state index contributed by atoms with van der Waals surface area (Å²) in [5, 5.41) is 15.6. The minimum atomic E-state index is -0.423. The summed E-state index contributed by atoms with van der Waals surface area (Å²) in [5.74, 6) is -0.423. The number of aliphatic hydroxyl groups excluding tert-OH is 1. The first kappa shape index (κ1) is 14.7. The van der Waals surface area contributed by atoms with Gasteiger partial charge in [0.15, 0.2) is 0 Å². The fourth-order valence-electron chi connectivity index (χ4n) is 1.44. The number of aromatic nitrogens is 2. The number of nitrogens with two attached hydrogens (primary N) is 1. The van der Waals surface area contributed by atoms with Crippen molar-refractivity contribution in [3.8, 4) is 0 Å². The first-order chi connectivity index (χ1) is 8.45. The molecule has 0 fully saturated rings. The van der Waals surface area contributed by atoms with Gasteiger partial charge in [-0.05, 0) is 22.9 Å². The molecule has 1 unspecified atom stereocenters. The molecule has 8 heteroatoms. The van der Waals surface area contributed by atoms with Gasteiger partial charge in [-0.2, -0.15) is 5.10 Å². The van der Waals surface area contributed by atoms with E-state index in [1.807, 2.05) is 0 Å². The standard InChI is InChI=1S/C10H15BrN4O3/c1-6(4-8(12)17)14-7-5-13-15(2-3-16)10(18)9(7)11/h5-6,14,16H,2-4H2,1H3,(H2,12,17). The number of nitrogens with one attached hydrogen (secondary N) is 1. The molecule has 0 saturated heterocycles. The van der Waals surface area contributed by atoms with Crippen molar-refractivity contribution in [2.24, 2.45) is 5.73 Å². The number of hydrogen-bond donors (Lipinski definition) is 3. The van der Waals surface area contributed by atoms with Gasteiger partial charge in [-0.3, -0.25) is 9.59 Å². The van der Waals surface area contributed by atoms with Crippen LogP contribution in [0.5, 0.6) is 0 Å². The Balaban J connectivity index is 2.88. The molecule has 1 aromatic rings. The van der Waals surface area contributed by atoms with Crippen molar-refractivity contribution < 1.29 is 9.90 Å². The second-order valence-corrected chi connectivity index (χ2v) is 4.63. The Morgan fingerprint density at radius 3 is 2.94 bits per heavy atom. The molecule has 7 nitrogen and oxygen atoms in total. The molecule has 0 aliphatic heterocycles. The van der Waals surface area contributed by atoms with Crippen LogP contribution in [0.25, 0.3) is 0 Å². The number of rotatable bonds is 6. The normalized spacial score (nSPS) is 12.2. The summed E-state index contributed by atoms with van der Waals surface area (Å²) in [6, 6.07) is -0.200. The van der Waals surface area contributed by atoms with Crippen molar-refractivity contribution >= 4 is 27.5 Å². The van der Waals surface area contributed by atoms with Gasteiger partial charge in [-0.1, -0.05) is 0 Å². The van der Waals surface area contributed by atoms with Gasteiger partial charge in [0.25, 0.3) is 5.56 Å². The lowest BCUT2D eigenvalue weighted by molar-refractivity contribution is -0.118. The third-order valence-corrected chi connectivity index (χ3v) is 2.97. The van der Waals surface area contributed by atoms with Crippen LogP contribution in [0.4, 0.5) is 5.69 Å². The lowest BCUT2D eigenvalue weighted by Gasteiger charge is -2.15. The van der Waals surface area contributed by atoms with Crippen molar-refractivity contribution in [1.82, 2.24) is 9.78 Å². The third kappa shape index (κ3) is 3.81. The number of nitrogens with zero attached hydrogens (tertiary/aromatic N) is 2. The minimum Gasteiger partial charge on any atom is -0.394 e. The first-order valence-corrected chi connectivity index (χ1v) is 6.16. The van der Waals surface area contributed by atoms with Crippen LogP contribution in [0, 0.1) is 0 Å². The fourth-order valence-corrected chi connectivity index (χ4v) is 1.86. The molecular weight excluding hydrogens is 304 g/mol. The summed E-state index contributed by atoms with van der Waals surface area (Å²) < 4.78 is 1.45. The van der Waals surface area contributed by atoms with Crippen LogP contribution < -0.4 is 16.6 Å². The van der Waals surface area contributed by atoms with Crippen LogP contribution in [0.2, 0.25) is 0 Å². The van der Waals surface area contributed by atoms with Gasteiger partial charge >= 0.3 is 0 Å². The number of anilines is 1. The second-order valence-electron chi connectivity index (χ2n) is 3.84. The Labute approximate surface area is 112 Å². The van der Waals surface area contributed by atoms with E-state index >= 15 is 0 Å². The first-order valence-electron chi connectivity index (χ1n) is 5.37. The van der Waals surface area contributed by atoms with Crippen LogP contribution in [-0.2, 0) is 11.3 Å². The number of primary amides is 1. The number of carbonyl (C=O) groups excluding carboxylic acids is 1. The van der Waals surface area contributed by atoms with Crippen molar-refractivity contribution in [1.29, 1.82) is 0 Å². The van der Waals surface area contributed by atoms with Crippen molar-refractivity contribution in [2.75, 3.05) is 11.9 Å². The van der Waals surface area contributed by atoms with Crippen molar-refractivity contribution in [3.05, 3.63) is 21.0 Å². The van der Waals surface area contributed by atoms with Crippen LogP contribution >= 0.6 is 15.9 Å². The maximum Gasteiger partial charge on any atom is 0.283 e. The van der Waals surface area contributed by atoms with Gasteiger partial charge < -0.3 is 16.2 Å². The van der Waals surface area contributed by atoms with E-state index in [0.717, 1.165) is 4.68 Å². The molecule has 0 aliphatic rings. The van der Waals surface area contributed by atoms with E-state index in [0.29, 0.717) is 10.2 Å². The molecule has 0 spiro atoms. The molecule has 1 atom stereocenters. The lowest BCUT2D eigenvalue weighted by atomic mass is 10.2. The molecule has 0 aliphatic carbocycles. The van der Waals surface area contributed by atoms with E-state index in [1.165, 1.54) is 6.20 Å². The highest BCUT2D eigenvalue weighted by atomic mass is 79.9. The molecule has 1 heterocycles. The molecule has 1 amide bonds. The average Bonchev–Trinajstić information content (AvgIpc) is 2.28. The monoisotopic (exact) mass is 318 g/mol. The number of aliphatic hydroxyl groups is 1. The fraction of sp³-hybridized carbons (Fsp3) is 0.500. The SMILES string of the molecule is CC(CC(N)=O)Nc1cnn(CCO)c(=O)c1Br. The summed E-state index contributed by atoms with van der Waals surface area (Å²) in [5.41, 5.74) is 5.22. The predicted molar refractivity (Wildman–Crippen MR) is 70.2 cm³/mol. The Kier molecular flexibility index (Phi) is 5.29. The smallest absolute Gasteiger partial charge is 0.283 e. The van der Waals surface area contributed by atoms with Gasteiger partial charge in [0.2, 0.25) is 5.91 Å². The molecule has 0 aromatic carbocycles. The molecule has 0 radical (unpaired) electrons. The quantitative estimate of drug-likeness (QED) is 0.665. The zero-order valence-electron chi connectivity index (χ0n) is 9.89. The summed E-state index contributed by atoms with van der Waals surface area (Å²) in [6.07, 6.45) is 1.62. The van der Waals surface area contributed by atoms with Crippen molar-refractivity contribution in [2.45, 2.75) is 25.9 Å². The lowest BCUT2D eigenvalue weighted by Crippen LogP contribution is -2.28. The second kappa shape index (κ2) is 6.50. The summed E-state index contributed by atoms with van der Waals surface area (Å²) in [7, 11) is 0. The van der Waals surface area contributed by atoms with Gasteiger partial charge in [-0.15, -0.1) is 0 Å². The Morgan fingerprint density at radius 2 is 2.39 bits per heavy atom. The minimum absolute atomic E-state index is 0.133. The molecule has 4 N–H and O–H groups in total. The van der Waals surface area contributed by atoms with E-state index in [4.69, 9.17) is 10.8 Å². The summed E-state index contributed by atoms with van der Waals surface area (Å²) >= 11 is 3.16. The highest BCUT2D eigenvalue weighted by molar-refractivity contribution is 9.10. The Bertz CT molecular complexity index is 489. The highest BCUT2D eigenvalue weighted by Crippen LogP contribution is 2.17. The van der Waals surface area contributed by atoms with Crippen LogP contribution in [-0.4, -0.2) is 33.4 Å². The largest absolute Gasteiger partial charge is 0.394 e. The molecule has 0 saturated carbocycles. The molecular formula is C10H15BrN4O3. The summed E-state index contributed by atoms with van der Waals surface area (Å²) in [4.78, 5) is 22.5. The van der Waals surface area contributed by atoms with Crippen LogP contribution in [0.3, 0.4) is 0 Å². The number of halogens is 1. The molecule has 1 aromatic heterocycles. The topological polar surface area (TPSA) is 110 Å². The van der Waals surface area contributed by atoms with E-state index in [2.05, 4.69) is 26.3 Å². The Morgan fingerprint density at radius 1 is 1.72 bits per heavy atom. The average molecular weight is 319 g/mol. The molecule has 18 heavy (non-hydrogen) atoms. The van der Waals surface area contributed by atoms with E-state index in [-0.39, 0.29) is 31.2 Å². The molecule has 0 bridgehead atoms. The van der Waals surface area contributed by atoms with Gasteiger partial charge in [0.1, 0.15) is 4.47 Å². The highest BCUT2D eigenvalue weighted by Gasteiger charge is 2.12. The number of hydrogen-bond acceptors (Lipinski definition) is 5. The zero-order valence-corrected chi connectivity index (χ0v) is 11.5. The predicted octanol–water partition coefficient (Wildman–Crippen LogP) is -0.326. The van der Waals surface area contributed by atoms with E-state index in [9.17, 15) is 9.59 Å². The Hall–Kier alpha value is -1.41. The molecule has 100 valence electrons. The van der Waals surface area contributed by atoms with Crippen LogP contribution in [0.1, 0.15) is 13.3 Å². The number of amides is 1. The third-order valence-electron chi connectivity index (χ3n) is 2.21. The number of carbonyl (C=O) groups is 1. The maximum atomic E-state index is 11.8.